The third-order valence-electron chi connectivity index (χ3n) is 3.98. The van der Waals surface area contributed by atoms with Crippen LogP contribution in [0.2, 0.25) is 0 Å². The fourth-order valence-electron chi connectivity index (χ4n) is 2.70. The first-order valence-electron chi connectivity index (χ1n) is 6.42. The summed E-state index contributed by atoms with van der Waals surface area (Å²) in [4.78, 5) is 0. The molecule has 0 saturated carbocycles. The summed E-state index contributed by atoms with van der Waals surface area (Å²) in [6.45, 7) is 2.56. The largest absolute Gasteiger partial charge is 0.493 e. The van der Waals surface area contributed by atoms with E-state index >= 15 is 0 Å². The number of hydrogen-bond acceptors (Lipinski definition) is 4. The molecule has 0 amide bonds. The molecule has 102 valence electrons. The summed E-state index contributed by atoms with van der Waals surface area (Å²) in [5.41, 5.74) is -1.33. The van der Waals surface area contributed by atoms with Gasteiger partial charge in [-0.3, -0.25) is 0 Å². The van der Waals surface area contributed by atoms with Crippen LogP contribution in [0.25, 0.3) is 0 Å². The van der Waals surface area contributed by atoms with Gasteiger partial charge in [0.1, 0.15) is 11.2 Å². The molecule has 2 atom stereocenters. The Morgan fingerprint density at radius 1 is 1.53 bits per heavy atom. The molecule has 2 rings (SSSR count). The Morgan fingerprint density at radius 2 is 2.26 bits per heavy atom. The zero-order chi connectivity index (χ0) is 13.9. The van der Waals surface area contributed by atoms with Crippen molar-refractivity contribution in [1.29, 1.82) is 5.26 Å². The molecule has 1 aliphatic rings. The van der Waals surface area contributed by atoms with Gasteiger partial charge in [0.15, 0.2) is 0 Å². The fourth-order valence-corrected chi connectivity index (χ4v) is 2.70. The summed E-state index contributed by atoms with van der Waals surface area (Å²) < 4.78 is 10.6. The SMILES string of the molecule is COCCC(C)(O)C1(C#N)CCOc2ccccc21. The average Bonchev–Trinajstić information content (AvgIpc) is 2.44. The minimum absolute atomic E-state index is 0.408. The number of rotatable bonds is 4. The quantitative estimate of drug-likeness (QED) is 0.900. The Bertz CT molecular complexity index is 492. The van der Waals surface area contributed by atoms with Crippen molar-refractivity contribution in [3.05, 3.63) is 29.8 Å². The maximum Gasteiger partial charge on any atom is 0.124 e. The van der Waals surface area contributed by atoms with E-state index in [1.165, 1.54) is 0 Å². The third kappa shape index (κ3) is 2.20. The molecule has 0 fully saturated rings. The van der Waals surface area contributed by atoms with Gasteiger partial charge in [-0.25, -0.2) is 0 Å². The van der Waals surface area contributed by atoms with Gasteiger partial charge in [0.2, 0.25) is 0 Å². The highest BCUT2D eigenvalue weighted by atomic mass is 16.5. The highest BCUT2D eigenvalue weighted by Gasteiger charge is 2.51. The normalized spacial score (nSPS) is 24.7. The molecular weight excluding hydrogens is 242 g/mol. The Hall–Kier alpha value is -1.57. The van der Waals surface area contributed by atoms with Crippen LogP contribution >= 0.6 is 0 Å². The van der Waals surface area contributed by atoms with Crippen LogP contribution in [-0.2, 0) is 10.2 Å². The molecule has 1 aliphatic heterocycles. The molecule has 0 bridgehead atoms. The van der Waals surface area contributed by atoms with Gasteiger partial charge < -0.3 is 14.6 Å². The Morgan fingerprint density at radius 3 is 2.95 bits per heavy atom. The Labute approximate surface area is 113 Å². The first-order valence-corrected chi connectivity index (χ1v) is 6.42. The van der Waals surface area contributed by atoms with Crippen LogP contribution in [0.5, 0.6) is 5.75 Å². The Kier molecular flexibility index (Phi) is 3.79. The predicted octanol–water partition coefficient (Wildman–Crippen LogP) is 2.02. The lowest BCUT2D eigenvalue weighted by molar-refractivity contribution is -0.0376. The first-order chi connectivity index (χ1) is 9.07. The molecule has 1 aromatic carbocycles. The van der Waals surface area contributed by atoms with Gasteiger partial charge >= 0.3 is 0 Å². The lowest BCUT2D eigenvalue weighted by Crippen LogP contribution is -2.51. The van der Waals surface area contributed by atoms with Crippen LogP contribution in [0.3, 0.4) is 0 Å². The molecule has 1 N–H and O–H groups in total. The van der Waals surface area contributed by atoms with E-state index in [0.717, 1.165) is 5.56 Å². The number of ether oxygens (including phenoxy) is 2. The number of hydrogen-bond donors (Lipinski definition) is 1. The molecular formula is C15H19NO3. The Balaban J connectivity index is 2.48. The van der Waals surface area contributed by atoms with E-state index in [1.807, 2.05) is 24.3 Å². The van der Waals surface area contributed by atoms with Gasteiger partial charge in [0.25, 0.3) is 0 Å². The van der Waals surface area contributed by atoms with E-state index in [1.54, 1.807) is 14.0 Å². The van der Waals surface area contributed by atoms with Crippen LogP contribution in [0.4, 0.5) is 0 Å². The van der Waals surface area contributed by atoms with Gasteiger partial charge in [-0.05, 0) is 13.0 Å². The maximum atomic E-state index is 10.8. The highest BCUT2D eigenvalue weighted by molar-refractivity contribution is 5.48. The van der Waals surface area contributed by atoms with Gasteiger partial charge in [-0.2, -0.15) is 5.26 Å². The minimum atomic E-state index is -1.16. The number of para-hydroxylation sites is 1. The van der Waals surface area contributed by atoms with Crippen molar-refractivity contribution >= 4 is 0 Å². The fraction of sp³-hybridized carbons (Fsp3) is 0.533. The van der Waals surface area contributed by atoms with Crippen molar-refractivity contribution in [2.45, 2.75) is 30.8 Å². The topological polar surface area (TPSA) is 62.5 Å². The summed E-state index contributed by atoms with van der Waals surface area (Å²) in [6, 6.07) is 9.78. The molecule has 0 radical (unpaired) electrons. The molecule has 0 aliphatic carbocycles. The van der Waals surface area contributed by atoms with Crippen molar-refractivity contribution in [1.82, 2.24) is 0 Å². The van der Waals surface area contributed by atoms with E-state index < -0.39 is 11.0 Å². The summed E-state index contributed by atoms with van der Waals surface area (Å²) in [7, 11) is 1.59. The molecule has 0 saturated heterocycles. The molecule has 0 spiro atoms. The van der Waals surface area contributed by atoms with Crippen LogP contribution in [0, 0.1) is 11.3 Å². The van der Waals surface area contributed by atoms with Crippen LogP contribution in [0.15, 0.2) is 24.3 Å². The second kappa shape index (κ2) is 5.20. The number of aliphatic hydroxyl groups is 1. The van der Waals surface area contributed by atoms with Gasteiger partial charge in [-0.15, -0.1) is 0 Å². The molecule has 4 nitrogen and oxygen atoms in total. The van der Waals surface area contributed by atoms with Crippen molar-refractivity contribution in [3.8, 4) is 11.8 Å². The molecule has 1 aromatic rings. The van der Waals surface area contributed by atoms with Crippen molar-refractivity contribution < 1.29 is 14.6 Å². The van der Waals surface area contributed by atoms with Crippen LogP contribution in [-0.4, -0.2) is 31.0 Å². The number of nitrogens with zero attached hydrogens (tertiary/aromatic N) is 1. The van der Waals surface area contributed by atoms with E-state index in [4.69, 9.17) is 9.47 Å². The van der Waals surface area contributed by atoms with Gasteiger partial charge in [0, 0.05) is 32.1 Å². The zero-order valence-corrected chi connectivity index (χ0v) is 11.3. The monoisotopic (exact) mass is 261 g/mol. The van der Waals surface area contributed by atoms with Gasteiger partial charge in [-0.1, -0.05) is 18.2 Å². The summed E-state index contributed by atoms with van der Waals surface area (Å²) >= 11 is 0. The van der Waals surface area contributed by atoms with E-state index in [0.29, 0.717) is 31.8 Å². The number of nitriles is 1. The molecule has 2 unspecified atom stereocenters. The summed E-state index contributed by atoms with van der Waals surface area (Å²) in [6.07, 6.45) is 0.891. The van der Waals surface area contributed by atoms with E-state index in [-0.39, 0.29) is 0 Å². The average molecular weight is 261 g/mol. The zero-order valence-electron chi connectivity index (χ0n) is 11.3. The lowest BCUT2D eigenvalue weighted by atomic mass is 9.64. The number of benzene rings is 1. The van der Waals surface area contributed by atoms with Crippen molar-refractivity contribution in [2.24, 2.45) is 0 Å². The number of methoxy groups -OCH3 is 1. The minimum Gasteiger partial charge on any atom is -0.493 e. The second-order valence-corrected chi connectivity index (χ2v) is 5.13. The molecule has 1 heterocycles. The molecule has 0 aromatic heterocycles. The van der Waals surface area contributed by atoms with E-state index in [2.05, 4.69) is 6.07 Å². The van der Waals surface area contributed by atoms with Crippen molar-refractivity contribution in [3.63, 3.8) is 0 Å². The number of fused-ring (bicyclic) bond motifs is 1. The molecule has 19 heavy (non-hydrogen) atoms. The first kappa shape index (κ1) is 13.9. The lowest BCUT2D eigenvalue weighted by Gasteiger charge is -2.43. The second-order valence-electron chi connectivity index (χ2n) is 5.13. The molecule has 4 heteroatoms. The maximum absolute atomic E-state index is 10.8. The third-order valence-corrected chi connectivity index (χ3v) is 3.98. The standard InChI is InChI=1S/C15H19NO3/c1-14(17,7-9-18-2)15(11-16)8-10-19-13-6-4-3-5-12(13)15/h3-6,17H,7-10H2,1-2H3. The van der Waals surface area contributed by atoms with Gasteiger partial charge in [0.05, 0.1) is 18.3 Å². The summed E-state index contributed by atoms with van der Waals surface area (Å²) in [5.74, 6) is 0.688. The van der Waals surface area contributed by atoms with E-state index in [9.17, 15) is 10.4 Å². The van der Waals surface area contributed by atoms with Crippen molar-refractivity contribution in [2.75, 3.05) is 20.3 Å². The highest BCUT2D eigenvalue weighted by Crippen LogP contribution is 2.46. The smallest absolute Gasteiger partial charge is 0.124 e. The summed E-state index contributed by atoms with van der Waals surface area (Å²) in [5, 5.41) is 20.5. The van der Waals surface area contributed by atoms with Crippen LogP contribution in [0.1, 0.15) is 25.3 Å². The predicted molar refractivity (Wildman–Crippen MR) is 71.0 cm³/mol. The van der Waals surface area contributed by atoms with Crippen LogP contribution < -0.4 is 4.74 Å².